The van der Waals surface area contributed by atoms with Crippen molar-refractivity contribution in [3.8, 4) is 39.5 Å². The first-order valence-corrected chi connectivity index (χ1v) is 21.9. The minimum atomic E-state index is -1.68. The Labute approximate surface area is 253 Å². The van der Waals surface area contributed by atoms with Gasteiger partial charge in [0, 0.05) is 24.4 Å². The van der Waals surface area contributed by atoms with Crippen molar-refractivity contribution < 1.29 is 5.11 Å². The van der Waals surface area contributed by atoms with Crippen molar-refractivity contribution in [2.24, 2.45) is 7.05 Å². The lowest BCUT2D eigenvalue weighted by atomic mass is 9.83. The molecular weight excluding hydrogens is 547 g/mol. The summed E-state index contributed by atoms with van der Waals surface area (Å²) >= 11 is 0. The molecule has 0 saturated carbocycles. The second-order valence-electron chi connectivity index (χ2n) is 14.8. The lowest BCUT2D eigenvalue weighted by molar-refractivity contribution is 0.472. The van der Waals surface area contributed by atoms with Gasteiger partial charge in [-0.1, -0.05) is 94.7 Å². The Balaban J connectivity index is 1.84. The van der Waals surface area contributed by atoms with Gasteiger partial charge in [-0.05, 0) is 65.4 Å². The zero-order chi connectivity index (χ0) is 30.8. The summed E-state index contributed by atoms with van der Waals surface area (Å²) in [5.74, 6) is 1.06. The molecule has 0 saturated heterocycles. The first-order valence-electron chi connectivity index (χ1n) is 14.9. The number of aryl methyl sites for hydroxylation is 2. The maximum absolute atomic E-state index is 11.0. The molecule has 5 rings (SSSR count). The van der Waals surface area contributed by atoms with Crippen LogP contribution >= 0.6 is 0 Å². The first kappa shape index (κ1) is 30.0. The number of fused-ring (bicyclic) bond motifs is 1. The number of phenols is 1. The third-order valence-electron chi connectivity index (χ3n) is 8.36. The molecule has 6 heteroatoms. The Bertz CT molecular complexity index is 1820. The van der Waals surface area contributed by atoms with Crippen LogP contribution in [0.25, 0.3) is 44.8 Å². The number of imidazole rings is 1. The molecular formula is C36H45N3OSi2. The minimum absolute atomic E-state index is 0.0424. The predicted octanol–water partition coefficient (Wildman–Crippen LogP) is 8.37. The average Bonchev–Trinajstić information content (AvgIpc) is 3.24. The van der Waals surface area contributed by atoms with E-state index in [9.17, 15) is 5.11 Å². The molecule has 0 aliphatic heterocycles. The van der Waals surface area contributed by atoms with Gasteiger partial charge in [0.05, 0.1) is 38.4 Å². The second kappa shape index (κ2) is 10.4. The number of hydrogen-bond donors (Lipinski definition) is 1. The Morgan fingerprint density at radius 2 is 1.43 bits per heavy atom. The quantitative estimate of drug-likeness (QED) is 0.209. The van der Waals surface area contributed by atoms with Gasteiger partial charge in [0.15, 0.2) is 0 Å². The van der Waals surface area contributed by atoms with Crippen molar-refractivity contribution in [1.29, 1.82) is 0 Å². The van der Waals surface area contributed by atoms with Crippen LogP contribution in [0.5, 0.6) is 5.75 Å². The molecule has 1 N–H and O–H groups in total. The SMILES string of the molecule is Cc1cccc(-c2nc3c(-c4cc(-c5cc([Si](C)(C)C)ccn5)cc(C(C)(C)C)c4)cc([Si](C)(C)C)cc3n2C)c1O. The average molecular weight is 592 g/mol. The second-order valence-corrected chi connectivity index (χ2v) is 25.0. The van der Waals surface area contributed by atoms with Crippen LogP contribution in [-0.2, 0) is 12.5 Å². The number of rotatable bonds is 5. The third kappa shape index (κ3) is 5.62. The molecule has 5 aromatic rings. The zero-order valence-electron chi connectivity index (χ0n) is 27.1. The van der Waals surface area contributed by atoms with E-state index in [2.05, 4.69) is 114 Å². The number of aromatic hydroxyl groups is 1. The maximum atomic E-state index is 11.0. The van der Waals surface area contributed by atoms with E-state index in [1.54, 1.807) is 0 Å². The summed E-state index contributed by atoms with van der Waals surface area (Å²) in [4.78, 5) is 10.1. The van der Waals surface area contributed by atoms with Crippen molar-refractivity contribution in [2.45, 2.75) is 72.4 Å². The number of benzene rings is 3. The first-order chi connectivity index (χ1) is 19.4. The van der Waals surface area contributed by atoms with Gasteiger partial charge in [-0.2, -0.15) is 0 Å². The lowest BCUT2D eigenvalue weighted by Crippen LogP contribution is -2.37. The van der Waals surface area contributed by atoms with E-state index < -0.39 is 16.1 Å². The predicted molar refractivity (Wildman–Crippen MR) is 186 cm³/mol. The monoisotopic (exact) mass is 591 g/mol. The Hall–Kier alpha value is -3.49. The van der Waals surface area contributed by atoms with Gasteiger partial charge in [0.1, 0.15) is 11.6 Å². The summed E-state index contributed by atoms with van der Waals surface area (Å²) in [5.41, 5.74) is 9.31. The van der Waals surface area contributed by atoms with Gasteiger partial charge in [0.2, 0.25) is 0 Å². The summed E-state index contributed by atoms with van der Waals surface area (Å²) in [6, 6.07) is 22.0. The fraction of sp³-hybridized carbons (Fsp3) is 0.333. The van der Waals surface area contributed by atoms with Crippen molar-refractivity contribution in [3.63, 3.8) is 0 Å². The van der Waals surface area contributed by atoms with Gasteiger partial charge >= 0.3 is 0 Å². The van der Waals surface area contributed by atoms with Gasteiger partial charge in [-0.15, -0.1) is 0 Å². The zero-order valence-corrected chi connectivity index (χ0v) is 29.1. The van der Waals surface area contributed by atoms with E-state index in [-0.39, 0.29) is 11.2 Å². The van der Waals surface area contributed by atoms with Crippen molar-refractivity contribution >= 4 is 37.6 Å². The Kier molecular flexibility index (Phi) is 7.39. The lowest BCUT2D eigenvalue weighted by Gasteiger charge is -2.23. The molecule has 0 unspecified atom stereocenters. The van der Waals surface area contributed by atoms with Crippen LogP contribution in [0, 0.1) is 6.92 Å². The molecule has 3 aromatic carbocycles. The van der Waals surface area contributed by atoms with Crippen LogP contribution in [-0.4, -0.2) is 35.8 Å². The van der Waals surface area contributed by atoms with Gasteiger partial charge in [-0.3, -0.25) is 4.98 Å². The highest BCUT2D eigenvalue weighted by Crippen LogP contribution is 2.38. The topological polar surface area (TPSA) is 50.9 Å². The number of para-hydroxylation sites is 1. The van der Waals surface area contributed by atoms with Gasteiger partial charge in [0.25, 0.3) is 0 Å². The molecule has 0 spiro atoms. The molecule has 0 aliphatic carbocycles. The molecule has 42 heavy (non-hydrogen) atoms. The van der Waals surface area contributed by atoms with Crippen LogP contribution in [0.2, 0.25) is 39.3 Å². The molecule has 2 heterocycles. The summed E-state index contributed by atoms with van der Waals surface area (Å²) in [6.45, 7) is 23.1. The van der Waals surface area contributed by atoms with Gasteiger partial charge < -0.3 is 9.67 Å². The highest BCUT2D eigenvalue weighted by atomic mass is 28.3. The maximum Gasteiger partial charge on any atom is 0.144 e. The van der Waals surface area contributed by atoms with E-state index in [1.807, 2.05) is 31.3 Å². The van der Waals surface area contributed by atoms with Crippen LogP contribution in [0.3, 0.4) is 0 Å². The van der Waals surface area contributed by atoms with E-state index in [4.69, 9.17) is 9.97 Å². The number of hydrogen-bond acceptors (Lipinski definition) is 3. The molecule has 0 aliphatic rings. The van der Waals surface area contributed by atoms with Crippen molar-refractivity contribution in [1.82, 2.24) is 14.5 Å². The number of nitrogens with zero attached hydrogens (tertiary/aromatic N) is 3. The Morgan fingerprint density at radius 3 is 2.07 bits per heavy atom. The molecule has 4 nitrogen and oxygen atoms in total. The van der Waals surface area contributed by atoms with Crippen LogP contribution in [0.15, 0.2) is 66.9 Å². The van der Waals surface area contributed by atoms with E-state index in [0.717, 1.165) is 50.4 Å². The summed E-state index contributed by atoms with van der Waals surface area (Å²) < 4.78 is 2.14. The fourth-order valence-electron chi connectivity index (χ4n) is 5.44. The fourth-order valence-corrected chi connectivity index (χ4v) is 7.73. The molecule has 0 bridgehead atoms. The van der Waals surface area contributed by atoms with E-state index >= 15 is 0 Å². The largest absolute Gasteiger partial charge is 0.507 e. The normalized spacial score (nSPS) is 12.7. The Morgan fingerprint density at radius 1 is 0.762 bits per heavy atom. The molecule has 0 amide bonds. The number of phenolic OH excluding ortho intramolecular Hbond substituents is 1. The van der Waals surface area contributed by atoms with Crippen molar-refractivity contribution in [2.75, 3.05) is 0 Å². The highest BCUT2D eigenvalue weighted by Gasteiger charge is 2.25. The molecule has 2 aromatic heterocycles. The molecule has 0 fully saturated rings. The van der Waals surface area contributed by atoms with E-state index in [0.29, 0.717) is 0 Å². The smallest absolute Gasteiger partial charge is 0.144 e. The van der Waals surface area contributed by atoms with Crippen LogP contribution in [0.1, 0.15) is 31.9 Å². The van der Waals surface area contributed by atoms with E-state index in [1.165, 1.54) is 15.9 Å². The third-order valence-corrected chi connectivity index (χ3v) is 12.4. The molecule has 0 radical (unpaired) electrons. The standard InChI is InChI=1S/C36H45N3OSi2/c1-23-13-12-14-29(34(23)40)35-38-33-30(20-28(42(9,10)11)22-32(33)39(35)5)24-17-25(19-26(18-24)36(2,3)4)31-21-27(15-16-37-31)41(6,7)8/h12-22,40H,1-11H3. The van der Waals surface area contributed by atoms with Crippen LogP contribution < -0.4 is 10.4 Å². The number of aromatic nitrogens is 3. The molecule has 218 valence electrons. The van der Waals surface area contributed by atoms with Gasteiger partial charge in [-0.25, -0.2) is 4.98 Å². The van der Waals surface area contributed by atoms with Crippen molar-refractivity contribution in [3.05, 3.63) is 78.0 Å². The highest BCUT2D eigenvalue weighted by molar-refractivity contribution is 6.89. The molecule has 0 atom stereocenters. The summed E-state index contributed by atoms with van der Waals surface area (Å²) in [7, 11) is -1.12. The summed E-state index contributed by atoms with van der Waals surface area (Å²) in [5, 5.41) is 13.8. The van der Waals surface area contributed by atoms with Crippen LogP contribution in [0.4, 0.5) is 0 Å². The number of pyridine rings is 1. The summed E-state index contributed by atoms with van der Waals surface area (Å²) in [6.07, 6.45) is 1.97. The minimum Gasteiger partial charge on any atom is -0.507 e.